The van der Waals surface area contributed by atoms with Crippen LogP contribution in [-0.4, -0.2) is 70.0 Å². The molecule has 0 heterocycles. The average Bonchev–Trinajstić information content (AvgIpc) is 2.40. The summed E-state index contributed by atoms with van der Waals surface area (Å²) in [7, 11) is 0. The zero-order valence-corrected chi connectivity index (χ0v) is 12.1. The number of rotatable bonds is 4. The SMILES string of the molecule is CC(=O)C=O.CC(O)C=O.CC(O)C=O.CC(O)CO. The van der Waals surface area contributed by atoms with Crippen molar-refractivity contribution in [1.82, 2.24) is 0 Å². The maximum atomic E-state index is 9.44. The first kappa shape index (κ1) is 27.0. The zero-order chi connectivity index (χ0) is 17.1. The molecule has 3 unspecified atom stereocenters. The highest BCUT2D eigenvalue weighted by atomic mass is 16.3. The monoisotopic (exact) mass is 296 g/mol. The number of aliphatic hydroxyl groups excluding tert-OH is 4. The van der Waals surface area contributed by atoms with Gasteiger partial charge < -0.3 is 30.0 Å². The highest BCUT2D eigenvalue weighted by molar-refractivity contribution is 6.23. The molecule has 120 valence electrons. The summed E-state index contributed by atoms with van der Waals surface area (Å²) in [6.07, 6.45) is -0.931. The van der Waals surface area contributed by atoms with E-state index in [1.54, 1.807) is 0 Å². The Labute approximate surface area is 118 Å². The lowest BCUT2D eigenvalue weighted by molar-refractivity contribution is -0.128. The van der Waals surface area contributed by atoms with E-state index in [0.717, 1.165) is 0 Å². The summed E-state index contributed by atoms with van der Waals surface area (Å²) < 4.78 is 0. The van der Waals surface area contributed by atoms with E-state index in [-0.39, 0.29) is 12.9 Å². The van der Waals surface area contributed by atoms with Crippen LogP contribution in [-0.2, 0) is 19.2 Å². The van der Waals surface area contributed by atoms with E-state index >= 15 is 0 Å². The van der Waals surface area contributed by atoms with Crippen LogP contribution in [0.5, 0.6) is 0 Å². The van der Waals surface area contributed by atoms with Gasteiger partial charge in [-0.2, -0.15) is 0 Å². The molecular weight excluding hydrogens is 272 g/mol. The van der Waals surface area contributed by atoms with Gasteiger partial charge in [0.15, 0.2) is 12.1 Å². The topological polar surface area (TPSA) is 149 Å². The molecular formula is C12H24O8. The third-order valence-electron chi connectivity index (χ3n) is 0.824. The van der Waals surface area contributed by atoms with E-state index in [0.29, 0.717) is 12.6 Å². The Hall–Kier alpha value is -1.48. The van der Waals surface area contributed by atoms with Crippen molar-refractivity contribution in [2.24, 2.45) is 0 Å². The summed E-state index contributed by atoms with van der Waals surface area (Å²) in [6, 6.07) is 0. The van der Waals surface area contributed by atoms with Crippen molar-refractivity contribution in [2.45, 2.75) is 46.0 Å². The Morgan fingerprint density at radius 2 is 1.10 bits per heavy atom. The van der Waals surface area contributed by atoms with E-state index in [1.165, 1.54) is 27.7 Å². The largest absolute Gasteiger partial charge is 0.394 e. The van der Waals surface area contributed by atoms with E-state index < -0.39 is 24.1 Å². The summed E-state index contributed by atoms with van der Waals surface area (Å²) in [5.41, 5.74) is 0. The van der Waals surface area contributed by atoms with Crippen LogP contribution in [0.4, 0.5) is 0 Å². The van der Waals surface area contributed by atoms with Gasteiger partial charge in [-0.15, -0.1) is 0 Å². The lowest BCUT2D eigenvalue weighted by Crippen LogP contribution is -2.03. The average molecular weight is 296 g/mol. The normalized spacial score (nSPS) is 12.4. The van der Waals surface area contributed by atoms with Gasteiger partial charge in [0.05, 0.1) is 12.7 Å². The van der Waals surface area contributed by atoms with Crippen LogP contribution in [0.2, 0.25) is 0 Å². The molecule has 3 atom stereocenters. The first-order valence-corrected chi connectivity index (χ1v) is 5.60. The molecule has 0 bridgehead atoms. The van der Waals surface area contributed by atoms with Crippen molar-refractivity contribution in [2.75, 3.05) is 6.61 Å². The van der Waals surface area contributed by atoms with Crippen LogP contribution in [0.1, 0.15) is 27.7 Å². The fourth-order valence-electron chi connectivity index (χ4n) is 0. The van der Waals surface area contributed by atoms with Crippen LogP contribution < -0.4 is 0 Å². The molecule has 0 aromatic heterocycles. The molecule has 8 nitrogen and oxygen atoms in total. The predicted molar refractivity (Wildman–Crippen MR) is 71.0 cm³/mol. The number of aliphatic hydroxyl groups is 4. The Balaban J connectivity index is -0.0000000853. The molecule has 0 aliphatic rings. The molecule has 0 amide bonds. The molecule has 0 fully saturated rings. The van der Waals surface area contributed by atoms with Crippen molar-refractivity contribution in [3.05, 3.63) is 0 Å². The van der Waals surface area contributed by atoms with E-state index in [2.05, 4.69) is 0 Å². The molecule has 0 aromatic rings. The van der Waals surface area contributed by atoms with Crippen molar-refractivity contribution in [1.29, 1.82) is 0 Å². The first-order chi connectivity index (χ1) is 9.08. The number of hydrogen-bond acceptors (Lipinski definition) is 8. The molecule has 4 N–H and O–H groups in total. The number of hydrogen-bond donors (Lipinski definition) is 4. The van der Waals surface area contributed by atoms with Gasteiger partial charge in [0, 0.05) is 6.92 Å². The fraction of sp³-hybridized carbons (Fsp3) is 0.667. The number of aldehydes is 3. The summed E-state index contributed by atoms with van der Waals surface area (Å²) in [5, 5.41) is 32.0. The minimum atomic E-state index is -0.796. The van der Waals surface area contributed by atoms with Gasteiger partial charge in [0.2, 0.25) is 0 Å². The molecule has 0 saturated heterocycles. The van der Waals surface area contributed by atoms with Gasteiger partial charge in [0.25, 0.3) is 0 Å². The van der Waals surface area contributed by atoms with Crippen LogP contribution in [0.3, 0.4) is 0 Å². The summed E-state index contributed by atoms with van der Waals surface area (Å²) in [6.45, 7) is 5.42. The lowest BCUT2D eigenvalue weighted by Gasteiger charge is -1.90. The molecule has 8 heteroatoms. The highest BCUT2D eigenvalue weighted by Crippen LogP contribution is 1.68. The summed E-state index contributed by atoms with van der Waals surface area (Å²) in [4.78, 5) is 37.1. The molecule has 0 rings (SSSR count). The molecule has 0 aromatic carbocycles. The van der Waals surface area contributed by atoms with Gasteiger partial charge in [-0.3, -0.25) is 9.59 Å². The summed E-state index contributed by atoms with van der Waals surface area (Å²) in [5.74, 6) is -0.426. The second-order valence-corrected chi connectivity index (χ2v) is 3.51. The van der Waals surface area contributed by atoms with Crippen LogP contribution in [0.15, 0.2) is 0 Å². The predicted octanol–water partition coefficient (Wildman–Crippen LogP) is -1.73. The first-order valence-electron chi connectivity index (χ1n) is 5.60. The van der Waals surface area contributed by atoms with Gasteiger partial charge in [-0.05, 0) is 20.8 Å². The van der Waals surface area contributed by atoms with E-state index in [1.807, 2.05) is 0 Å². The number of Topliss-reactive ketones (excluding diaryl/α,β-unsaturated/α-hetero) is 1. The second-order valence-electron chi connectivity index (χ2n) is 3.51. The zero-order valence-electron chi connectivity index (χ0n) is 12.1. The number of carbonyl (C=O) groups excluding carboxylic acids is 4. The Morgan fingerprint density at radius 1 is 0.950 bits per heavy atom. The summed E-state index contributed by atoms with van der Waals surface area (Å²) >= 11 is 0. The minimum absolute atomic E-state index is 0.139. The standard InChI is InChI=1S/C3H8O2.2C3H6O2.C3H4O2/c4*1-3(5)2-4/h3-5H,2H2,1H3;2*2-3,5H,1H3;2H,1H3. The number of ketones is 1. The van der Waals surface area contributed by atoms with Gasteiger partial charge in [-0.1, -0.05) is 0 Å². The molecule has 0 aliphatic carbocycles. The maximum absolute atomic E-state index is 9.44. The van der Waals surface area contributed by atoms with Crippen LogP contribution in [0.25, 0.3) is 0 Å². The third-order valence-corrected chi connectivity index (χ3v) is 0.824. The third kappa shape index (κ3) is 93.6. The molecule has 0 saturated carbocycles. The van der Waals surface area contributed by atoms with Crippen molar-refractivity contribution in [3.8, 4) is 0 Å². The van der Waals surface area contributed by atoms with E-state index in [9.17, 15) is 14.4 Å². The molecule has 20 heavy (non-hydrogen) atoms. The Bertz CT molecular complexity index is 224. The van der Waals surface area contributed by atoms with Crippen LogP contribution >= 0.6 is 0 Å². The molecule has 0 spiro atoms. The minimum Gasteiger partial charge on any atom is -0.394 e. The number of carbonyl (C=O) groups is 4. The second kappa shape index (κ2) is 22.7. The molecule has 0 radical (unpaired) electrons. The fourth-order valence-corrected chi connectivity index (χ4v) is 0. The van der Waals surface area contributed by atoms with Crippen molar-refractivity contribution >= 4 is 24.6 Å². The highest BCUT2D eigenvalue weighted by Gasteiger charge is 1.83. The van der Waals surface area contributed by atoms with Gasteiger partial charge in [-0.25, -0.2) is 0 Å². The smallest absolute Gasteiger partial charge is 0.192 e. The maximum Gasteiger partial charge on any atom is 0.192 e. The quantitative estimate of drug-likeness (QED) is 0.353. The van der Waals surface area contributed by atoms with Crippen LogP contribution in [0, 0.1) is 0 Å². The van der Waals surface area contributed by atoms with Crippen molar-refractivity contribution < 1.29 is 39.6 Å². The lowest BCUT2D eigenvalue weighted by atomic mass is 10.5. The van der Waals surface area contributed by atoms with E-state index in [4.69, 9.17) is 25.2 Å². The van der Waals surface area contributed by atoms with Gasteiger partial charge >= 0.3 is 0 Å². The Kier molecular flexibility index (Phi) is 30.6. The van der Waals surface area contributed by atoms with Gasteiger partial charge in [0.1, 0.15) is 24.8 Å². The van der Waals surface area contributed by atoms with Crippen molar-refractivity contribution in [3.63, 3.8) is 0 Å². The molecule has 0 aliphatic heterocycles. The Morgan fingerprint density at radius 3 is 1.10 bits per heavy atom.